The number of furan rings is 1. The number of anilines is 3. The Hall–Kier alpha value is -6.90. The maximum atomic E-state index is 6.52. The van der Waals surface area contributed by atoms with Gasteiger partial charge in [0.05, 0.1) is 5.69 Å². The molecule has 0 radical (unpaired) electrons. The highest BCUT2D eigenvalue weighted by molar-refractivity contribution is 6.08. The van der Waals surface area contributed by atoms with Gasteiger partial charge in [-0.1, -0.05) is 159 Å². The first-order valence-electron chi connectivity index (χ1n) is 19.1. The maximum absolute atomic E-state index is 6.52. The Bertz CT molecular complexity index is 3130. The molecule has 260 valence electrons. The Morgan fingerprint density at radius 2 is 1.02 bits per heavy atom. The fourth-order valence-electron chi connectivity index (χ4n) is 9.44. The summed E-state index contributed by atoms with van der Waals surface area (Å²) in [5.74, 6) is 0. The number of para-hydroxylation sites is 1. The van der Waals surface area contributed by atoms with Gasteiger partial charge < -0.3 is 9.32 Å². The maximum Gasteiger partial charge on any atom is 0.137 e. The van der Waals surface area contributed by atoms with Crippen molar-refractivity contribution in [3.05, 3.63) is 199 Å². The number of benzene rings is 9. The number of fused-ring (bicyclic) bond motifs is 9. The fourth-order valence-corrected chi connectivity index (χ4v) is 9.44. The minimum atomic E-state index is -0.262. The predicted molar refractivity (Wildman–Crippen MR) is 232 cm³/mol. The molecule has 1 aromatic heterocycles. The summed E-state index contributed by atoms with van der Waals surface area (Å²) in [5.41, 5.74) is 15.0. The average Bonchev–Trinajstić information content (AvgIpc) is 3.72. The third kappa shape index (κ3) is 4.81. The van der Waals surface area contributed by atoms with E-state index >= 15 is 0 Å². The van der Waals surface area contributed by atoms with Crippen LogP contribution in [0.25, 0.3) is 76.9 Å². The summed E-state index contributed by atoms with van der Waals surface area (Å²) < 4.78 is 6.52. The topological polar surface area (TPSA) is 16.4 Å². The van der Waals surface area contributed by atoms with E-state index in [1.54, 1.807) is 0 Å². The van der Waals surface area contributed by atoms with Crippen LogP contribution in [0.1, 0.15) is 25.0 Å². The van der Waals surface area contributed by atoms with Crippen LogP contribution in [0, 0.1) is 0 Å². The van der Waals surface area contributed by atoms with E-state index in [0.29, 0.717) is 0 Å². The highest BCUT2D eigenvalue weighted by Gasteiger charge is 2.40. The van der Waals surface area contributed by atoms with Crippen LogP contribution >= 0.6 is 0 Å². The van der Waals surface area contributed by atoms with Gasteiger partial charge in [-0.25, -0.2) is 0 Å². The lowest BCUT2D eigenvalue weighted by Crippen LogP contribution is -2.21. The molecule has 0 saturated heterocycles. The number of nitrogens with zero attached hydrogens (tertiary/aromatic N) is 1. The van der Waals surface area contributed by atoms with E-state index in [0.717, 1.165) is 33.3 Å². The van der Waals surface area contributed by atoms with Crippen LogP contribution in [0.3, 0.4) is 0 Å². The van der Waals surface area contributed by atoms with Crippen LogP contribution in [0.15, 0.2) is 192 Å². The molecule has 0 saturated carbocycles. The van der Waals surface area contributed by atoms with Crippen molar-refractivity contribution in [1.29, 1.82) is 0 Å². The van der Waals surface area contributed by atoms with Crippen LogP contribution < -0.4 is 4.90 Å². The first-order valence-corrected chi connectivity index (χ1v) is 19.1. The van der Waals surface area contributed by atoms with E-state index < -0.39 is 0 Å². The van der Waals surface area contributed by atoms with Gasteiger partial charge in [0.2, 0.25) is 0 Å². The van der Waals surface area contributed by atoms with Crippen LogP contribution in [0.5, 0.6) is 0 Å². The molecule has 0 fully saturated rings. The van der Waals surface area contributed by atoms with Gasteiger partial charge in [0.25, 0.3) is 0 Å². The van der Waals surface area contributed by atoms with E-state index in [1.807, 2.05) is 6.07 Å². The van der Waals surface area contributed by atoms with E-state index in [1.165, 1.54) is 71.7 Å². The Morgan fingerprint density at radius 1 is 0.400 bits per heavy atom. The molecule has 1 aliphatic rings. The highest BCUT2D eigenvalue weighted by Crippen LogP contribution is 2.56. The summed E-state index contributed by atoms with van der Waals surface area (Å²) in [7, 11) is 0. The third-order valence-electron chi connectivity index (χ3n) is 11.8. The third-order valence-corrected chi connectivity index (χ3v) is 11.8. The first-order chi connectivity index (χ1) is 27.0. The van der Waals surface area contributed by atoms with E-state index in [4.69, 9.17) is 4.42 Å². The monoisotopic (exact) mass is 703 g/mol. The fraction of sp³-hybridized carbons (Fsp3) is 0.0566. The molecular weight excluding hydrogens is 667 g/mol. The van der Waals surface area contributed by atoms with Gasteiger partial charge in [0, 0.05) is 33.6 Å². The molecular formula is C53H37NO. The van der Waals surface area contributed by atoms with Crippen molar-refractivity contribution in [2.24, 2.45) is 0 Å². The molecule has 2 nitrogen and oxygen atoms in total. The molecule has 9 aromatic carbocycles. The lowest BCUT2D eigenvalue weighted by molar-refractivity contribution is 0.666. The van der Waals surface area contributed by atoms with Crippen molar-refractivity contribution < 1.29 is 4.42 Å². The van der Waals surface area contributed by atoms with Crippen LogP contribution in [-0.4, -0.2) is 0 Å². The van der Waals surface area contributed by atoms with Crippen LogP contribution in [-0.2, 0) is 5.41 Å². The summed E-state index contributed by atoms with van der Waals surface area (Å²) in [4.78, 5) is 2.45. The molecule has 55 heavy (non-hydrogen) atoms. The molecule has 0 atom stereocenters. The van der Waals surface area contributed by atoms with Crippen LogP contribution in [0.2, 0.25) is 0 Å². The molecule has 2 heteroatoms. The Balaban J connectivity index is 1.16. The number of hydrogen-bond acceptors (Lipinski definition) is 2. The highest BCUT2D eigenvalue weighted by atomic mass is 16.3. The zero-order valence-electron chi connectivity index (χ0n) is 30.8. The van der Waals surface area contributed by atoms with Gasteiger partial charge in [0.15, 0.2) is 0 Å². The second kappa shape index (κ2) is 12.1. The zero-order chi connectivity index (χ0) is 36.7. The van der Waals surface area contributed by atoms with Crippen molar-refractivity contribution in [3.63, 3.8) is 0 Å². The van der Waals surface area contributed by atoms with Crippen molar-refractivity contribution in [3.8, 4) is 33.4 Å². The van der Waals surface area contributed by atoms with E-state index in [-0.39, 0.29) is 5.41 Å². The van der Waals surface area contributed by atoms with E-state index in [9.17, 15) is 0 Å². The lowest BCUT2D eigenvalue weighted by Gasteiger charge is -2.32. The van der Waals surface area contributed by atoms with E-state index in [2.05, 4.69) is 201 Å². The van der Waals surface area contributed by atoms with Crippen molar-refractivity contribution in [2.45, 2.75) is 19.3 Å². The zero-order valence-corrected chi connectivity index (χ0v) is 30.8. The van der Waals surface area contributed by atoms with Crippen molar-refractivity contribution in [2.75, 3.05) is 4.90 Å². The van der Waals surface area contributed by atoms with Gasteiger partial charge >= 0.3 is 0 Å². The minimum absolute atomic E-state index is 0.262. The standard InChI is InChI=1S/C53H37NO/c1-53(2)51-42-21-7-6-16-35(42)28-30-46(51)45-25-13-26-47(52(45)53)54(39-29-31-44-43-22-8-9-27-48(43)55-49(44)33-39)38-20-10-19-37(32-38)41-24-12-18-36-17-11-23-40(50(36)41)34-14-4-3-5-15-34/h3-33H,1-2H3. The molecule has 1 aliphatic carbocycles. The second-order valence-corrected chi connectivity index (χ2v) is 15.3. The van der Waals surface area contributed by atoms with Gasteiger partial charge in [-0.15, -0.1) is 0 Å². The molecule has 0 unspecified atom stereocenters. The second-order valence-electron chi connectivity index (χ2n) is 15.3. The molecule has 0 N–H and O–H groups in total. The lowest BCUT2D eigenvalue weighted by atomic mass is 9.79. The Kier molecular flexibility index (Phi) is 6.93. The number of hydrogen-bond donors (Lipinski definition) is 0. The van der Waals surface area contributed by atoms with Gasteiger partial charge in [-0.3, -0.25) is 0 Å². The number of rotatable bonds is 5. The largest absolute Gasteiger partial charge is 0.456 e. The van der Waals surface area contributed by atoms with Gasteiger partial charge in [0.1, 0.15) is 11.2 Å². The van der Waals surface area contributed by atoms with Gasteiger partial charge in [-0.05, 0) is 102 Å². The normalized spacial score (nSPS) is 13.1. The molecule has 10 aromatic rings. The van der Waals surface area contributed by atoms with Crippen molar-refractivity contribution >= 4 is 60.5 Å². The summed E-state index contributed by atoms with van der Waals surface area (Å²) >= 11 is 0. The SMILES string of the molecule is CC1(C)c2c(cccc2N(c2cccc(-c3cccc4cccc(-c5ccccc5)c34)c2)c2ccc3c(c2)oc2ccccc23)-c2ccc3ccccc3c21. The minimum Gasteiger partial charge on any atom is -0.456 e. The smallest absolute Gasteiger partial charge is 0.137 e. The molecule has 0 spiro atoms. The average molecular weight is 704 g/mol. The molecule has 0 bridgehead atoms. The summed E-state index contributed by atoms with van der Waals surface area (Å²) in [6.07, 6.45) is 0. The Morgan fingerprint density at radius 3 is 1.87 bits per heavy atom. The molecule has 1 heterocycles. The Labute approximate surface area is 320 Å². The molecule has 11 rings (SSSR count). The summed E-state index contributed by atoms with van der Waals surface area (Å²) in [6, 6.07) is 68.4. The predicted octanol–water partition coefficient (Wildman–Crippen LogP) is 15.0. The van der Waals surface area contributed by atoms with Gasteiger partial charge in [-0.2, -0.15) is 0 Å². The molecule has 0 aliphatic heterocycles. The summed E-state index contributed by atoms with van der Waals surface area (Å²) in [5, 5.41) is 7.32. The van der Waals surface area contributed by atoms with Crippen molar-refractivity contribution in [1.82, 2.24) is 0 Å². The van der Waals surface area contributed by atoms with Crippen LogP contribution in [0.4, 0.5) is 17.1 Å². The molecule has 0 amide bonds. The quantitative estimate of drug-likeness (QED) is 0.177. The summed E-state index contributed by atoms with van der Waals surface area (Å²) in [6.45, 7) is 4.79. The first kappa shape index (κ1) is 31.6.